The molecule has 11 heavy (non-hydrogen) atoms. The van der Waals surface area contributed by atoms with Crippen LogP contribution in [0.1, 0.15) is 26.7 Å². The molecule has 0 bridgehead atoms. The van der Waals surface area contributed by atoms with E-state index in [0.29, 0.717) is 12.5 Å². The molecule has 0 rings (SSSR count). The van der Waals surface area contributed by atoms with Gasteiger partial charge in [-0.1, -0.05) is 13.8 Å². The normalized spacial score (nSPS) is 11.1. The van der Waals surface area contributed by atoms with Gasteiger partial charge in [-0.25, -0.2) is 0 Å². The van der Waals surface area contributed by atoms with Crippen molar-refractivity contribution in [3.63, 3.8) is 0 Å². The highest BCUT2D eigenvalue weighted by molar-refractivity contribution is 6.17. The number of hydrogen-bond donors (Lipinski definition) is 0. The van der Waals surface area contributed by atoms with E-state index in [0.717, 1.165) is 12.8 Å². The lowest BCUT2D eigenvalue weighted by Gasteiger charge is -2.23. The fourth-order valence-corrected chi connectivity index (χ4v) is 0.956. The number of nitrogens with zero attached hydrogens (tertiary/aromatic N) is 1. The van der Waals surface area contributed by atoms with E-state index in [1.807, 2.05) is 13.8 Å². The Labute approximate surface area is 73.1 Å². The zero-order chi connectivity index (χ0) is 8.74. The maximum absolute atomic E-state index is 8.79. The van der Waals surface area contributed by atoms with Crippen molar-refractivity contribution >= 4 is 11.6 Å². The summed E-state index contributed by atoms with van der Waals surface area (Å²) in [6.07, 6.45) is 1.44. The summed E-state index contributed by atoms with van der Waals surface area (Å²) in [5.74, 6) is 0.448. The van der Waals surface area contributed by atoms with Crippen molar-refractivity contribution in [1.29, 1.82) is 5.26 Å². The third-order valence-corrected chi connectivity index (χ3v) is 1.96. The van der Waals surface area contributed by atoms with Crippen LogP contribution in [0.2, 0.25) is 0 Å². The molecule has 0 spiro atoms. The van der Waals surface area contributed by atoms with Gasteiger partial charge in [0.05, 0.1) is 12.7 Å². The van der Waals surface area contributed by atoms with Gasteiger partial charge in [0.15, 0.2) is 5.60 Å². The molecule has 0 aliphatic rings. The molecule has 0 saturated carbocycles. The predicted molar refractivity (Wildman–Crippen MR) is 45.6 cm³/mol. The van der Waals surface area contributed by atoms with Crippen LogP contribution >= 0.6 is 11.6 Å². The molecule has 0 aliphatic heterocycles. The molecule has 0 amide bonds. The van der Waals surface area contributed by atoms with Gasteiger partial charge in [0.25, 0.3) is 0 Å². The highest BCUT2D eigenvalue weighted by atomic mass is 35.5. The van der Waals surface area contributed by atoms with Crippen LogP contribution < -0.4 is 0 Å². The van der Waals surface area contributed by atoms with Crippen LogP contribution in [0.5, 0.6) is 0 Å². The molecule has 0 aromatic carbocycles. The fraction of sp³-hybridized carbons (Fsp3) is 0.875. The van der Waals surface area contributed by atoms with E-state index in [9.17, 15) is 0 Å². The third-order valence-electron chi connectivity index (χ3n) is 1.80. The molecule has 0 aromatic heterocycles. The zero-order valence-electron chi connectivity index (χ0n) is 7.06. The maximum Gasteiger partial charge on any atom is 0.153 e. The lowest BCUT2D eigenvalue weighted by Crippen LogP contribution is -2.29. The number of ether oxygens (including phenoxy) is 1. The molecule has 0 heterocycles. The summed E-state index contributed by atoms with van der Waals surface area (Å²) < 4.78 is 5.33. The first kappa shape index (κ1) is 10.7. The van der Waals surface area contributed by atoms with E-state index < -0.39 is 5.60 Å². The van der Waals surface area contributed by atoms with Crippen LogP contribution in [0, 0.1) is 11.3 Å². The molecule has 0 atom stereocenters. The average Bonchev–Trinajstić information content (AvgIpc) is 2.08. The lowest BCUT2D eigenvalue weighted by molar-refractivity contribution is 0.000943. The van der Waals surface area contributed by atoms with Gasteiger partial charge in [-0.15, -0.1) is 11.6 Å². The minimum absolute atomic E-state index is 0.448. The van der Waals surface area contributed by atoms with Crippen molar-refractivity contribution in [2.24, 2.45) is 0 Å². The summed E-state index contributed by atoms with van der Waals surface area (Å²) in [5.41, 5.74) is -0.602. The van der Waals surface area contributed by atoms with Crippen molar-refractivity contribution in [1.82, 2.24) is 0 Å². The number of hydrogen-bond acceptors (Lipinski definition) is 2. The van der Waals surface area contributed by atoms with Crippen molar-refractivity contribution in [3.8, 4) is 6.07 Å². The minimum atomic E-state index is -0.602. The second-order valence-corrected chi connectivity index (χ2v) is 2.73. The SMILES string of the molecule is CCC(C#N)(CC)OCCCl. The van der Waals surface area contributed by atoms with E-state index in [4.69, 9.17) is 21.6 Å². The molecule has 2 nitrogen and oxygen atoms in total. The van der Waals surface area contributed by atoms with Gasteiger partial charge >= 0.3 is 0 Å². The molecule has 3 heteroatoms. The van der Waals surface area contributed by atoms with Crippen molar-refractivity contribution in [2.75, 3.05) is 12.5 Å². The summed E-state index contributed by atoms with van der Waals surface area (Å²) in [4.78, 5) is 0. The molecule has 0 aromatic rings. The van der Waals surface area contributed by atoms with Gasteiger partial charge in [-0.05, 0) is 12.8 Å². The van der Waals surface area contributed by atoms with Crippen molar-refractivity contribution in [2.45, 2.75) is 32.3 Å². The topological polar surface area (TPSA) is 33.0 Å². The van der Waals surface area contributed by atoms with E-state index in [1.165, 1.54) is 0 Å². The smallest absolute Gasteiger partial charge is 0.153 e. The largest absolute Gasteiger partial charge is 0.359 e. The summed E-state index contributed by atoms with van der Waals surface area (Å²) in [5, 5.41) is 8.79. The third kappa shape index (κ3) is 3.09. The van der Waals surface area contributed by atoms with Gasteiger partial charge in [0.2, 0.25) is 0 Å². The van der Waals surface area contributed by atoms with Gasteiger partial charge in [0.1, 0.15) is 0 Å². The highest BCUT2D eigenvalue weighted by Crippen LogP contribution is 2.18. The molecule has 0 unspecified atom stereocenters. The molecule has 0 aliphatic carbocycles. The van der Waals surface area contributed by atoms with Crippen molar-refractivity contribution in [3.05, 3.63) is 0 Å². The molecule has 0 saturated heterocycles. The standard InChI is InChI=1S/C8H14ClNO/c1-3-8(4-2,7-10)11-6-5-9/h3-6H2,1-2H3. The Hall–Kier alpha value is -0.260. The van der Waals surface area contributed by atoms with Gasteiger partial charge < -0.3 is 4.74 Å². The Kier molecular flexibility index (Phi) is 5.27. The lowest BCUT2D eigenvalue weighted by atomic mass is 9.99. The maximum atomic E-state index is 8.79. The Morgan fingerprint density at radius 1 is 1.45 bits per heavy atom. The van der Waals surface area contributed by atoms with E-state index in [2.05, 4.69) is 6.07 Å². The van der Waals surface area contributed by atoms with E-state index in [1.54, 1.807) is 0 Å². The first-order valence-electron chi connectivity index (χ1n) is 3.85. The van der Waals surface area contributed by atoms with Crippen molar-refractivity contribution < 1.29 is 4.74 Å². The highest BCUT2D eigenvalue weighted by Gasteiger charge is 2.25. The Morgan fingerprint density at radius 3 is 2.27 bits per heavy atom. The molecule has 64 valence electrons. The van der Waals surface area contributed by atoms with Crippen LogP contribution in [0.15, 0.2) is 0 Å². The molecule has 0 fully saturated rings. The molecule has 0 radical (unpaired) electrons. The zero-order valence-corrected chi connectivity index (χ0v) is 7.82. The van der Waals surface area contributed by atoms with E-state index in [-0.39, 0.29) is 0 Å². The summed E-state index contributed by atoms with van der Waals surface area (Å²) >= 11 is 5.44. The van der Waals surface area contributed by atoms with Crippen LogP contribution in [0.25, 0.3) is 0 Å². The number of alkyl halides is 1. The minimum Gasteiger partial charge on any atom is -0.359 e. The summed E-state index contributed by atoms with van der Waals surface area (Å²) in [6.45, 7) is 4.35. The number of halogens is 1. The number of nitriles is 1. The quantitative estimate of drug-likeness (QED) is 0.601. The Balaban J connectivity index is 3.97. The first-order chi connectivity index (χ1) is 5.24. The molecule has 0 N–H and O–H groups in total. The monoisotopic (exact) mass is 175 g/mol. The second-order valence-electron chi connectivity index (χ2n) is 2.35. The summed E-state index contributed by atoms with van der Waals surface area (Å²) in [6, 6.07) is 2.17. The van der Waals surface area contributed by atoms with Crippen LogP contribution in [-0.4, -0.2) is 18.1 Å². The Morgan fingerprint density at radius 2 is 2.00 bits per heavy atom. The van der Waals surface area contributed by atoms with Crippen LogP contribution in [0.4, 0.5) is 0 Å². The second kappa shape index (κ2) is 5.40. The van der Waals surface area contributed by atoms with Crippen LogP contribution in [0.3, 0.4) is 0 Å². The van der Waals surface area contributed by atoms with Gasteiger partial charge in [-0.3, -0.25) is 0 Å². The first-order valence-corrected chi connectivity index (χ1v) is 4.39. The number of rotatable bonds is 5. The molecular weight excluding hydrogens is 162 g/mol. The molecular formula is C8H14ClNO. The van der Waals surface area contributed by atoms with E-state index >= 15 is 0 Å². The van der Waals surface area contributed by atoms with Crippen LogP contribution in [-0.2, 0) is 4.74 Å². The average molecular weight is 176 g/mol. The van der Waals surface area contributed by atoms with Gasteiger partial charge in [0, 0.05) is 5.88 Å². The van der Waals surface area contributed by atoms with Gasteiger partial charge in [-0.2, -0.15) is 5.26 Å². The predicted octanol–water partition coefficient (Wildman–Crippen LogP) is 2.32. The Bertz CT molecular complexity index is 138. The fourth-order valence-electron chi connectivity index (χ4n) is 0.878. The summed E-state index contributed by atoms with van der Waals surface area (Å²) in [7, 11) is 0.